The van der Waals surface area contributed by atoms with Gasteiger partial charge in [0.25, 0.3) is 5.91 Å². The van der Waals surface area contributed by atoms with Gasteiger partial charge in [0.1, 0.15) is 11.5 Å². The van der Waals surface area contributed by atoms with Gasteiger partial charge in [-0.1, -0.05) is 12.1 Å². The number of hydrogen-bond donors (Lipinski definition) is 2. The van der Waals surface area contributed by atoms with Crippen LogP contribution in [0.1, 0.15) is 16.1 Å². The van der Waals surface area contributed by atoms with Crippen molar-refractivity contribution in [2.24, 2.45) is 5.10 Å². The van der Waals surface area contributed by atoms with Crippen LogP contribution in [0.3, 0.4) is 0 Å². The van der Waals surface area contributed by atoms with Crippen molar-refractivity contribution in [1.29, 1.82) is 0 Å². The van der Waals surface area contributed by atoms with Crippen LogP contribution in [0.2, 0.25) is 0 Å². The first-order valence-electron chi connectivity index (χ1n) is 5.87. The molecule has 0 atom stereocenters. The highest BCUT2D eigenvalue weighted by molar-refractivity contribution is 7.17. The first-order chi connectivity index (χ1) is 9.72. The lowest BCUT2D eigenvalue weighted by atomic mass is 10.2. The minimum Gasteiger partial charge on any atom is -0.350 e. The largest absolute Gasteiger partial charge is 0.350 e. The Morgan fingerprint density at radius 2 is 2.10 bits per heavy atom. The Labute approximate surface area is 117 Å². The third-order valence-electron chi connectivity index (χ3n) is 2.73. The monoisotopic (exact) mass is 287 g/mol. The number of nitrogens with one attached hydrogen (secondary N) is 2. The van der Waals surface area contributed by atoms with E-state index >= 15 is 0 Å². The number of aromatic amines is 1. The summed E-state index contributed by atoms with van der Waals surface area (Å²) in [7, 11) is 0. The molecule has 0 radical (unpaired) electrons. The highest BCUT2D eigenvalue weighted by Crippen LogP contribution is 2.21. The number of carbonyl (C=O) groups excluding carboxylic acids is 1. The number of amides is 1. The second-order valence-corrected chi connectivity index (χ2v) is 5.08. The van der Waals surface area contributed by atoms with E-state index in [1.54, 1.807) is 29.5 Å². The smallest absolute Gasteiger partial charge is 0.287 e. The lowest BCUT2D eigenvalue weighted by Crippen LogP contribution is -2.17. The van der Waals surface area contributed by atoms with Crippen LogP contribution in [0.15, 0.2) is 46.9 Å². The van der Waals surface area contributed by atoms with E-state index in [2.05, 4.69) is 15.5 Å². The highest BCUT2D eigenvalue weighted by Gasteiger charge is 2.08. The summed E-state index contributed by atoms with van der Waals surface area (Å²) in [4.78, 5) is 14.9. The van der Waals surface area contributed by atoms with Gasteiger partial charge in [0, 0.05) is 0 Å². The average Bonchev–Trinajstić information content (AvgIpc) is 3.02. The van der Waals surface area contributed by atoms with Crippen LogP contribution in [-0.4, -0.2) is 17.1 Å². The number of nitrogens with zero attached hydrogens (tertiary/aromatic N) is 1. The van der Waals surface area contributed by atoms with Crippen LogP contribution < -0.4 is 5.43 Å². The van der Waals surface area contributed by atoms with Crippen LogP contribution in [0, 0.1) is 5.82 Å². The summed E-state index contributed by atoms with van der Waals surface area (Å²) in [6.45, 7) is 0. The molecule has 2 heterocycles. The molecule has 0 fully saturated rings. The number of hydrogen-bond acceptors (Lipinski definition) is 3. The quantitative estimate of drug-likeness (QED) is 0.564. The molecule has 3 rings (SSSR count). The summed E-state index contributed by atoms with van der Waals surface area (Å²) in [5, 5.41) is 5.79. The van der Waals surface area contributed by atoms with Crippen molar-refractivity contribution < 1.29 is 9.18 Å². The zero-order chi connectivity index (χ0) is 13.9. The standard InChI is InChI=1S/C14H10FN3OS/c15-10-3-1-9(2-4-10)8-16-18-14(19)12-7-13-11(17-12)5-6-20-13/h1-8,17H,(H,18,19). The summed E-state index contributed by atoms with van der Waals surface area (Å²) in [6, 6.07) is 9.52. The zero-order valence-corrected chi connectivity index (χ0v) is 11.1. The molecule has 1 amide bonds. The van der Waals surface area contributed by atoms with Crippen LogP contribution in [0.25, 0.3) is 10.2 Å². The van der Waals surface area contributed by atoms with Gasteiger partial charge in [-0.3, -0.25) is 4.79 Å². The predicted octanol–water partition coefficient (Wildman–Crippen LogP) is 3.13. The minimum absolute atomic E-state index is 0.308. The van der Waals surface area contributed by atoms with Crippen molar-refractivity contribution in [1.82, 2.24) is 10.4 Å². The Kier molecular flexibility index (Phi) is 3.30. The second kappa shape index (κ2) is 5.26. The van der Waals surface area contributed by atoms with Crippen LogP contribution in [0.5, 0.6) is 0 Å². The summed E-state index contributed by atoms with van der Waals surface area (Å²) in [6.07, 6.45) is 1.46. The van der Waals surface area contributed by atoms with Gasteiger partial charge in [-0.2, -0.15) is 5.10 Å². The molecule has 0 saturated carbocycles. The molecule has 0 saturated heterocycles. The molecule has 20 heavy (non-hydrogen) atoms. The number of aromatic nitrogens is 1. The van der Waals surface area contributed by atoms with Crippen molar-refractivity contribution in [2.75, 3.05) is 0 Å². The Morgan fingerprint density at radius 1 is 1.30 bits per heavy atom. The van der Waals surface area contributed by atoms with Gasteiger partial charge in [-0.05, 0) is 35.2 Å². The molecule has 0 aliphatic rings. The first-order valence-corrected chi connectivity index (χ1v) is 6.75. The summed E-state index contributed by atoms with van der Waals surface area (Å²) < 4.78 is 13.7. The minimum atomic E-state index is -0.313. The molecule has 3 aromatic rings. The first kappa shape index (κ1) is 12.6. The Morgan fingerprint density at radius 3 is 2.85 bits per heavy atom. The SMILES string of the molecule is O=C(NN=Cc1ccc(F)cc1)c1cc2sccc2[nH]1. The van der Waals surface area contributed by atoms with E-state index in [4.69, 9.17) is 0 Å². The van der Waals surface area contributed by atoms with Crippen molar-refractivity contribution in [3.05, 3.63) is 58.9 Å². The molecule has 4 nitrogen and oxygen atoms in total. The fourth-order valence-corrected chi connectivity index (χ4v) is 2.53. The van der Waals surface area contributed by atoms with Crippen molar-refractivity contribution in [3.8, 4) is 0 Å². The van der Waals surface area contributed by atoms with Gasteiger partial charge in [0.05, 0.1) is 16.4 Å². The number of carbonyl (C=O) groups is 1. The Hall–Kier alpha value is -2.47. The maximum absolute atomic E-state index is 12.7. The van der Waals surface area contributed by atoms with Crippen molar-refractivity contribution in [3.63, 3.8) is 0 Å². The number of H-pyrrole nitrogens is 1. The summed E-state index contributed by atoms with van der Waals surface area (Å²) in [5.41, 5.74) is 4.52. The van der Waals surface area contributed by atoms with E-state index in [-0.39, 0.29) is 11.7 Å². The van der Waals surface area contributed by atoms with E-state index in [1.807, 2.05) is 11.4 Å². The van der Waals surface area contributed by atoms with Gasteiger partial charge in [0.2, 0.25) is 0 Å². The Balaban J connectivity index is 1.67. The molecule has 0 aliphatic heterocycles. The third-order valence-corrected chi connectivity index (χ3v) is 3.60. The lowest BCUT2D eigenvalue weighted by Gasteiger charge is -1.96. The zero-order valence-electron chi connectivity index (χ0n) is 10.3. The van der Waals surface area contributed by atoms with Gasteiger partial charge >= 0.3 is 0 Å². The van der Waals surface area contributed by atoms with Gasteiger partial charge < -0.3 is 4.98 Å². The molecule has 2 N–H and O–H groups in total. The lowest BCUT2D eigenvalue weighted by molar-refractivity contribution is 0.0951. The van der Waals surface area contributed by atoms with Gasteiger partial charge in [-0.25, -0.2) is 9.82 Å². The number of benzene rings is 1. The summed E-state index contributed by atoms with van der Waals surface area (Å²) >= 11 is 1.56. The van der Waals surface area contributed by atoms with Crippen LogP contribution in [-0.2, 0) is 0 Å². The highest BCUT2D eigenvalue weighted by atomic mass is 32.1. The molecule has 1 aromatic carbocycles. The van der Waals surface area contributed by atoms with E-state index < -0.39 is 0 Å². The molecule has 2 aromatic heterocycles. The van der Waals surface area contributed by atoms with E-state index in [0.29, 0.717) is 11.3 Å². The van der Waals surface area contributed by atoms with Crippen molar-refractivity contribution >= 4 is 33.7 Å². The molecule has 0 aliphatic carbocycles. The molecule has 6 heteroatoms. The topological polar surface area (TPSA) is 57.2 Å². The van der Waals surface area contributed by atoms with Gasteiger partial charge in [0.15, 0.2) is 0 Å². The molecule has 0 spiro atoms. The molecular formula is C14H10FN3OS. The van der Waals surface area contributed by atoms with Crippen LogP contribution >= 0.6 is 11.3 Å². The van der Waals surface area contributed by atoms with Crippen LogP contribution in [0.4, 0.5) is 4.39 Å². The fourth-order valence-electron chi connectivity index (χ4n) is 1.75. The Bertz CT molecular complexity index is 745. The number of hydrazone groups is 1. The summed E-state index contributed by atoms with van der Waals surface area (Å²) in [5.74, 6) is -0.621. The predicted molar refractivity (Wildman–Crippen MR) is 77.6 cm³/mol. The normalized spacial score (nSPS) is 11.2. The molecule has 0 unspecified atom stereocenters. The molecule has 100 valence electrons. The number of fused-ring (bicyclic) bond motifs is 1. The maximum atomic E-state index is 12.7. The van der Waals surface area contributed by atoms with E-state index in [1.165, 1.54) is 18.3 Å². The van der Waals surface area contributed by atoms with Crippen molar-refractivity contribution in [2.45, 2.75) is 0 Å². The van der Waals surface area contributed by atoms with Gasteiger partial charge in [-0.15, -0.1) is 11.3 Å². The molecular weight excluding hydrogens is 277 g/mol. The van der Waals surface area contributed by atoms with E-state index in [0.717, 1.165) is 10.2 Å². The number of rotatable bonds is 3. The molecule has 0 bridgehead atoms. The maximum Gasteiger partial charge on any atom is 0.287 e. The number of thiophene rings is 1. The number of halogens is 1. The third kappa shape index (κ3) is 2.60. The fraction of sp³-hybridized carbons (Fsp3) is 0. The van der Waals surface area contributed by atoms with E-state index in [9.17, 15) is 9.18 Å². The average molecular weight is 287 g/mol. The second-order valence-electron chi connectivity index (χ2n) is 4.13.